The lowest BCUT2D eigenvalue weighted by Crippen LogP contribution is -2.62. The first-order valence-electron chi connectivity index (χ1n) is 4.37. The van der Waals surface area contributed by atoms with Crippen LogP contribution in [-0.2, 0) is 4.79 Å². The lowest BCUT2D eigenvalue weighted by atomic mass is 10.1. The van der Waals surface area contributed by atoms with Crippen LogP contribution in [-0.4, -0.2) is 43.0 Å². The van der Waals surface area contributed by atoms with Crippen LogP contribution in [0.25, 0.3) is 0 Å². The van der Waals surface area contributed by atoms with Gasteiger partial charge in [-0.3, -0.25) is 9.69 Å². The molecule has 1 unspecified atom stereocenters. The third-order valence-electron chi connectivity index (χ3n) is 2.40. The summed E-state index contributed by atoms with van der Waals surface area (Å²) in [6.45, 7) is 5.38. The van der Waals surface area contributed by atoms with Crippen LogP contribution in [0.4, 0.5) is 0 Å². The molecule has 3 N–H and O–H groups in total. The summed E-state index contributed by atoms with van der Waals surface area (Å²) < 4.78 is 0. The van der Waals surface area contributed by atoms with Gasteiger partial charge in [-0.25, -0.2) is 0 Å². The maximum Gasteiger partial charge on any atom is 0.236 e. The summed E-state index contributed by atoms with van der Waals surface area (Å²) in [5.41, 5.74) is 4.99. The number of hydrogen-bond donors (Lipinski definition) is 2. The van der Waals surface area contributed by atoms with E-state index < -0.39 is 5.66 Å². The molecule has 0 saturated carbocycles. The van der Waals surface area contributed by atoms with Gasteiger partial charge in [-0.15, -0.1) is 0 Å². The number of carbonyl (C=O) groups excluding carboxylic acids is 1. The summed E-state index contributed by atoms with van der Waals surface area (Å²) >= 11 is 0. The number of nitrogens with zero attached hydrogens (tertiary/aromatic N) is 1. The van der Waals surface area contributed by atoms with Crippen LogP contribution in [0.2, 0.25) is 0 Å². The predicted octanol–water partition coefficient (Wildman–Crippen LogP) is -0.934. The Morgan fingerprint density at radius 2 is 2.17 bits per heavy atom. The SMILES string of the molecule is CCC(N)([C]=O)N1CCNCC1. The Balaban J connectivity index is 2.57. The van der Waals surface area contributed by atoms with Crippen molar-refractivity contribution >= 4 is 6.29 Å². The molecule has 1 aliphatic rings. The Bertz CT molecular complexity index is 156. The van der Waals surface area contributed by atoms with Gasteiger partial charge in [-0.1, -0.05) is 6.92 Å². The molecule has 1 fully saturated rings. The topological polar surface area (TPSA) is 58.4 Å². The van der Waals surface area contributed by atoms with E-state index in [2.05, 4.69) is 5.32 Å². The average molecular weight is 170 g/mol. The minimum atomic E-state index is -0.859. The predicted molar refractivity (Wildman–Crippen MR) is 47.3 cm³/mol. The van der Waals surface area contributed by atoms with E-state index >= 15 is 0 Å². The van der Waals surface area contributed by atoms with Gasteiger partial charge in [0.15, 0.2) is 0 Å². The first-order chi connectivity index (χ1) is 5.73. The maximum absolute atomic E-state index is 10.6. The highest BCUT2D eigenvalue weighted by molar-refractivity contribution is 5.63. The van der Waals surface area contributed by atoms with Crippen molar-refractivity contribution in [2.45, 2.75) is 19.0 Å². The quantitative estimate of drug-likeness (QED) is 0.574. The standard InChI is InChI=1S/C8H16N3O/c1-2-8(9,7-12)11-5-3-10-4-6-11/h10H,2-6,9H2,1H3. The van der Waals surface area contributed by atoms with Gasteiger partial charge in [0.2, 0.25) is 6.29 Å². The Labute approximate surface area is 73.1 Å². The van der Waals surface area contributed by atoms with Crippen molar-refractivity contribution in [3.05, 3.63) is 0 Å². The van der Waals surface area contributed by atoms with Crippen molar-refractivity contribution < 1.29 is 4.79 Å². The zero-order valence-corrected chi connectivity index (χ0v) is 7.47. The van der Waals surface area contributed by atoms with E-state index in [1.807, 2.05) is 18.1 Å². The van der Waals surface area contributed by atoms with Gasteiger partial charge >= 0.3 is 0 Å². The zero-order valence-electron chi connectivity index (χ0n) is 7.47. The van der Waals surface area contributed by atoms with Gasteiger partial charge in [0.05, 0.1) is 0 Å². The molecular weight excluding hydrogens is 154 g/mol. The third kappa shape index (κ3) is 1.83. The van der Waals surface area contributed by atoms with E-state index in [1.165, 1.54) is 0 Å². The molecule has 0 aliphatic carbocycles. The van der Waals surface area contributed by atoms with Crippen LogP contribution in [0.15, 0.2) is 0 Å². The first-order valence-corrected chi connectivity index (χ1v) is 4.37. The molecule has 12 heavy (non-hydrogen) atoms. The average Bonchev–Trinajstić information content (AvgIpc) is 2.18. The van der Waals surface area contributed by atoms with E-state index in [9.17, 15) is 4.79 Å². The molecule has 0 spiro atoms. The molecule has 0 aromatic heterocycles. The van der Waals surface area contributed by atoms with Crippen LogP contribution < -0.4 is 11.1 Å². The highest BCUT2D eigenvalue weighted by atomic mass is 16.1. The second-order valence-electron chi connectivity index (χ2n) is 3.12. The highest BCUT2D eigenvalue weighted by Crippen LogP contribution is 2.10. The van der Waals surface area contributed by atoms with Gasteiger partial charge in [-0.05, 0) is 6.42 Å². The summed E-state index contributed by atoms with van der Waals surface area (Å²) in [5.74, 6) is 0. The lowest BCUT2D eigenvalue weighted by molar-refractivity contribution is 0.126. The minimum absolute atomic E-state index is 0.622. The number of hydrogen-bond acceptors (Lipinski definition) is 4. The van der Waals surface area contributed by atoms with E-state index in [0.29, 0.717) is 6.42 Å². The largest absolute Gasteiger partial charge is 0.314 e. The Morgan fingerprint density at radius 1 is 1.58 bits per heavy atom. The van der Waals surface area contributed by atoms with Crippen LogP contribution in [0.1, 0.15) is 13.3 Å². The van der Waals surface area contributed by atoms with Crippen LogP contribution in [0.5, 0.6) is 0 Å². The number of nitrogens with one attached hydrogen (secondary N) is 1. The number of piperazine rings is 1. The number of nitrogens with two attached hydrogens (primary N) is 1. The van der Waals surface area contributed by atoms with Crippen molar-refractivity contribution in [1.82, 2.24) is 10.2 Å². The van der Waals surface area contributed by atoms with Crippen LogP contribution in [0, 0.1) is 0 Å². The van der Waals surface area contributed by atoms with Gasteiger partial charge in [0.1, 0.15) is 5.66 Å². The van der Waals surface area contributed by atoms with Gasteiger partial charge in [0.25, 0.3) is 0 Å². The van der Waals surface area contributed by atoms with E-state index in [-0.39, 0.29) is 0 Å². The van der Waals surface area contributed by atoms with E-state index in [0.717, 1.165) is 26.2 Å². The summed E-state index contributed by atoms with van der Waals surface area (Å²) in [5, 5.41) is 3.21. The Morgan fingerprint density at radius 3 is 2.58 bits per heavy atom. The fourth-order valence-corrected chi connectivity index (χ4v) is 1.42. The summed E-state index contributed by atoms with van der Waals surface area (Å²) in [4.78, 5) is 12.6. The van der Waals surface area contributed by atoms with Gasteiger partial charge in [0, 0.05) is 26.2 Å². The zero-order chi connectivity index (χ0) is 9.03. The second-order valence-corrected chi connectivity index (χ2v) is 3.12. The van der Waals surface area contributed by atoms with Gasteiger partial charge in [-0.2, -0.15) is 0 Å². The van der Waals surface area contributed by atoms with Crippen LogP contribution >= 0.6 is 0 Å². The van der Waals surface area contributed by atoms with Gasteiger partial charge < -0.3 is 11.1 Å². The molecule has 0 bridgehead atoms. The maximum atomic E-state index is 10.6. The molecule has 4 heteroatoms. The summed E-state index contributed by atoms with van der Waals surface area (Å²) in [6.07, 6.45) is 2.55. The van der Waals surface area contributed by atoms with Crippen molar-refractivity contribution in [3.63, 3.8) is 0 Å². The Kier molecular flexibility index (Phi) is 3.20. The summed E-state index contributed by atoms with van der Waals surface area (Å²) in [7, 11) is 0. The number of rotatable bonds is 3. The molecule has 0 amide bonds. The fraction of sp³-hybridized carbons (Fsp3) is 0.875. The summed E-state index contributed by atoms with van der Waals surface area (Å²) in [6, 6.07) is 0. The minimum Gasteiger partial charge on any atom is -0.314 e. The molecule has 0 aromatic carbocycles. The highest BCUT2D eigenvalue weighted by Gasteiger charge is 2.31. The van der Waals surface area contributed by atoms with E-state index in [4.69, 9.17) is 5.73 Å². The van der Waals surface area contributed by atoms with Crippen molar-refractivity contribution in [2.24, 2.45) is 5.73 Å². The molecule has 1 radical (unpaired) electrons. The normalized spacial score (nSPS) is 24.8. The lowest BCUT2D eigenvalue weighted by Gasteiger charge is -2.38. The molecule has 1 saturated heterocycles. The van der Waals surface area contributed by atoms with E-state index in [1.54, 1.807) is 0 Å². The molecule has 1 aliphatic heterocycles. The van der Waals surface area contributed by atoms with Crippen molar-refractivity contribution in [1.29, 1.82) is 0 Å². The van der Waals surface area contributed by atoms with Crippen molar-refractivity contribution in [3.8, 4) is 0 Å². The fourth-order valence-electron chi connectivity index (χ4n) is 1.42. The molecule has 1 atom stereocenters. The van der Waals surface area contributed by atoms with Crippen LogP contribution in [0.3, 0.4) is 0 Å². The molecular formula is C8H16N3O. The first kappa shape index (κ1) is 9.64. The molecule has 4 nitrogen and oxygen atoms in total. The molecule has 1 rings (SSSR count). The molecule has 69 valence electrons. The second kappa shape index (κ2) is 3.98. The molecule has 1 heterocycles. The molecule has 0 aromatic rings. The monoisotopic (exact) mass is 170 g/mol. The third-order valence-corrected chi connectivity index (χ3v) is 2.40. The smallest absolute Gasteiger partial charge is 0.236 e. The van der Waals surface area contributed by atoms with Crippen molar-refractivity contribution in [2.75, 3.05) is 26.2 Å². The Hall–Kier alpha value is -0.450.